The lowest BCUT2D eigenvalue weighted by atomic mass is 10.2. The lowest BCUT2D eigenvalue weighted by molar-refractivity contribution is -0.111. The Morgan fingerprint density at radius 3 is 2.72 bits per heavy atom. The minimum absolute atomic E-state index is 0.205. The summed E-state index contributed by atoms with van der Waals surface area (Å²) in [6.45, 7) is 0.205. The maximum Gasteiger partial charge on any atom is 0.248 e. The van der Waals surface area contributed by atoms with Crippen molar-refractivity contribution < 1.29 is 14.3 Å². The third-order valence-electron chi connectivity index (χ3n) is 3.54. The number of carbonyl (C=O) groups excluding carboxylic acids is 1. The molecule has 126 valence electrons. The molecule has 5 nitrogen and oxygen atoms in total. The van der Waals surface area contributed by atoms with Gasteiger partial charge in [-0.15, -0.1) is 0 Å². The van der Waals surface area contributed by atoms with Crippen LogP contribution in [0.4, 0.5) is 5.69 Å². The third-order valence-corrected chi connectivity index (χ3v) is 3.54. The summed E-state index contributed by atoms with van der Waals surface area (Å²) in [4.78, 5) is 16.5. The van der Waals surface area contributed by atoms with Gasteiger partial charge in [-0.2, -0.15) is 0 Å². The first-order chi connectivity index (χ1) is 12.3. The molecule has 5 heteroatoms. The van der Waals surface area contributed by atoms with Crippen molar-refractivity contribution in [3.63, 3.8) is 0 Å². The van der Waals surface area contributed by atoms with Gasteiger partial charge in [-0.05, 0) is 35.9 Å². The van der Waals surface area contributed by atoms with Crippen molar-refractivity contribution in [3.05, 3.63) is 72.4 Å². The van der Waals surface area contributed by atoms with E-state index in [1.54, 1.807) is 19.4 Å². The van der Waals surface area contributed by atoms with Crippen LogP contribution in [0.25, 0.3) is 17.0 Å². The number of rotatable bonds is 6. The monoisotopic (exact) mass is 334 g/mol. The van der Waals surface area contributed by atoms with Crippen LogP contribution in [0.3, 0.4) is 0 Å². The largest absolute Gasteiger partial charge is 0.468 e. The highest BCUT2D eigenvalue weighted by Crippen LogP contribution is 2.20. The molecule has 0 saturated heterocycles. The number of para-hydroxylation sites is 1. The van der Waals surface area contributed by atoms with Gasteiger partial charge in [0.15, 0.2) is 6.79 Å². The fraction of sp³-hybridized carbons (Fsp3) is 0.100. The fourth-order valence-corrected chi connectivity index (χ4v) is 2.35. The zero-order valence-electron chi connectivity index (χ0n) is 13.8. The molecule has 1 amide bonds. The summed E-state index contributed by atoms with van der Waals surface area (Å²) in [6.07, 6.45) is 4.95. The second-order valence-corrected chi connectivity index (χ2v) is 5.32. The van der Waals surface area contributed by atoms with E-state index < -0.39 is 0 Å². The minimum Gasteiger partial charge on any atom is -0.468 e. The molecule has 0 atom stereocenters. The van der Waals surface area contributed by atoms with Crippen LogP contribution >= 0.6 is 0 Å². The number of benzene rings is 2. The number of fused-ring (bicyclic) bond motifs is 1. The summed E-state index contributed by atoms with van der Waals surface area (Å²) < 4.78 is 10.2. The number of pyridine rings is 1. The molecular weight excluding hydrogens is 316 g/mol. The predicted octanol–water partition coefficient (Wildman–Crippen LogP) is 3.87. The number of aromatic nitrogens is 1. The number of nitrogens with zero attached hydrogens (tertiary/aromatic N) is 1. The Bertz CT molecular complexity index is 884. The van der Waals surface area contributed by atoms with Crippen molar-refractivity contribution in [3.8, 4) is 5.75 Å². The van der Waals surface area contributed by atoms with E-state index in [0.717, 1.165) is 16.5 Å². The molecule has 0 aliphatic rings. The van der Waals surface area contributed by atoms with Gasteiger partial charge in [-0.1, -0.05) is 30.3 Å². The molecule has 25 heavy (non-hydrogen) atoms. The second-order valence-electron chi connectivity index (χ2n) is 5.32. The molecule has 0 aliphatic carbocycles. The highest BCUT2D eigenvalue weighted by atomic mass is 16.7. The molecule has 3 rings (SSSR count). The van der Waals surface area contributed by atoms with E-state index in [4.69, 9.17) is 9.47 Å². The summed E-state index contributed by atoms with van der Waals surface area (Å²) in [5.41, 5.74) is 2.36. The quantitative estimate of drug-likeness (QED) is 0.549. The zero-order chi connectivity index (χ0) is 17.5. The van der Waals surface area contributed by atoms with Crippen molar-refractivity contribution in [2.24, 2.45) is 0 Å². The van der Waals surface area contributed by atoms with Gasteiger partial charge in [0.2, 0.25) is 5.91 Å². The van der Waals surface area contributed by atoms with Crippen molar-refractivity contribution in [1.29, 1.82) is 0 Å². The van der Waals surface area contributed by atoms with Crippen LogP contribution in [-0.4, -0.2) is 24.8 Å². The average molecular weight is 334 g/mol. The summed E-state index contributed by atoms with van der Waals surface area (Å²) in [5, 5.41) is 3.85. The van der Waals surface area contributed by atoms with E-state index in [2.05, 4.69) is 10.3 Å². The number of ether oxygens (including phenoxy) is 2. The van der Waals surface area contributed by atoms with Crippen LogP contribution in [0.5, 0.6) is 5.75 Å². The van der Waals surface area contributed by atoms with Crippen molar-refractivity contribution in [1.82, 2.24) is 4.98 Å². The topological polar surface area (TPSA) is 60.5 Å². The van der Waals surface area contributed by atoms with E-state index in [9.17, 15) is 4.79 Å². The molecule has 0 bridgehead atoms. The normalized spacial score (nSPS) is 10.9. The van der Waals surface area contributed by atoms with Gasteiger partial charge in [-0.3, -0.25) is 9.78 Å². The smallest absolute Gasteiger partial charge is 0.248 e. The molecule has 1 aromatic heterocycles. The van der Waals surface area contributed by atoms with Crippen molar-refractivity contribution in [2.45, 2.75) is 0 Å². The third kappa shape index (κ3) is 4.43. The molecule has 0 unspecified atom stereocenters. The average Bonchev–Trinajstić information content (AvgIpc) is 2.66. The lowest BCUT2D eigenvalue weighted by Crippen LogP contribution is -2.08. The van der Waals surface area contributed by atoms with Crippen molar-refractivity contribution in [2.75, 3.05) is 19.2 Å². The van der Waals surface area contributed by atoms with Crippen LogP contribution in [-0.2, 0) is 9.53 Å². The molecule has 0 saturated carbocycles. The highest BCUT2D eigenvalue weighted by molar-refractivity contribution is 6.06. The van der Waals surface area contributed by atoms with Gasteiger partial charge in [0, 0.05) is 24.8 Å². The van der Waals surface area contributed by atoms with Gasteiger partial charge < -0.3 is 14.8 Å². The molecule has 0 radical (unpaired) electrons. The Balaban J connectivity index is 1.66. The molecule has 1 heterocycles. The van der Waals surface area contributed by atoms with Crippen LogP contribution in [0.1, 0.15) is 5.56 Å². The highest BCUT2D eigenvalue weighted by Gasteiger charge is 2.04. The molecule has 0 fully saturated rings. The zero-order valence-corrected chi connectivity index (χ0v) is 13.8. The van der Waals surface area contributed by atoms with E-state index in [-0.39, 0.29) is 12.7 Å². The number of anilines is 1. The SMILES string of the molecule is COCOc1ccc(/C=C/C(=O)Nc2cccc3cccnc23)cc1. The predicted molar refractivity (Wildman–Crippen MR) is 98.4 cm³/mol. The van der Waals surface area contributed by atoms with Crippen LogP contribution in [0, 0.1) is 0 Å². The second kappa shape index (κ2) is 8.08. The minimum atomic E-state index is -0.210. The van der Waals surface area contributed by atoms with E-state index in [0.29, 0.717) is 11.4 Å². The fourth-order valence-electron chi connectivity index (χ4n) is 2.35. The molecule has 0 spiro atoms. The Morgan fingerprint density at radius 2 is 1.92 bits per heavy atom. The lowest BCUT2D eigenvalue weighted by Gasteiger charge is -2.06. The summed E-state index contributed by atoms with van der Waals surface area (Å²) in [6, 6.07) is 16.9. The first-order valence-corrected chi connectivity index (χ1v) is 7.81. The summed E-state index contributed by atoms with van der Waals surface area (Å²) >= 11 is 0. The van der Waals surface area contributed by atoms with E-state index >= 15 is 0 Å². The summed E-state index contributed by atoms with van der Waals surface area (Å²) in [7, 11) is 1.57. The Labute approximate surface area is 145 Å². The van der Waals surface area contributed by atoms with Gasteiger partial charge in [0.25, 0.3) is 0 Å². The number of hydrogen-bond donors (Lipinski definition) is 1. The van der Waals surface area contributed by atoms with E-state index in [1.807, 2.05) is 54.6 Å². The Morgan fingerprint density at radius 1 is 1.12 bits per heavy atom. The number of methoxy groups -OCH3 is 1. The Hall–Kier alpha value is -3.18. The number of amides is 1. The molecule has 2 aromatic carbocycles. The number of nitrogens with one attached hydrogen (secondary N) is 1. The molecule has 1 N–H and O–H groups in total. The maximum absolute atomic E-state index is 12.2. The van der Waals surface area contributed by atoms with Crippen LogP contribution in [0.15, 0.2) is 66.9 Å². The maximum atomic E-state index is 12.2. The van der Waals surface area contributed by atoms with Gasteiger partial charge in [0.1, 0.15) is 5.75 Å². The first kappa shape index (κ1) is 16.7. The van der Waals surface area contributed by atoms with Gasteiger partial charge in [0.05, 0.1) is 11.2 Å². The van der Waals surface area contributed by atoms with Crippen LogP contribution < -0.4 is 10.1 Å². The number of hydrogen-bond acceptors (Lipinski definition) is 4. The van der Waals surface area contributed by atoms with Gasteiger partial charge >= 0.3 is 0 Å². The van der Waals surface area contributed by atoms with Crippen molar-refractivity contribution >= 4 is 28.6 Å². The summed E-state index contributed by atoms with van der Waals surface area (Å²) in [5.74, 6) is 0.503. The first-order valence-electron chi connectivity index (χ1n) is 7.81. The molecule has 3 aromatic rings. The van der Waals surface area contributed by atoms with Crippen LogP contribution in [0.2, 0.25) is 0 Å². The molecular formula is C20H18N2O3. The molecule has 0 aliphatic heterocycles. The standard InChI is InChI=1S/C20H18N2O3/c1-24-14-25-17-10-7-15(8-11-17)9-12-19(23)22-18-6-2-4-16-5-3-13-21-20(16)18/h2-13H,14H2,1H3,(H,22,23)/b12-9+. The number of carbonyl (C=O) groups is 1. The Kier molecular flexibility index (Phi) is 5.39. The van der Waals surface area contributed by atoms with Gasteiger partial charge in [-0.25, -0.2) is 0 Å². The van der Waals surface area contributed by atoms with E-state index in [1.165, 1.54) is 6.08 Å².